The van der Waals surface area contributed by atoms with E-state index in [0.29, 0.717) is 27.7 Å². The average Bonchev–Trinajstić information content (AvgIpc) is 3.10. The summed E-state index contributed by atoms with van der Waals surface area (Å²) >= 11 is 1.25. The summed E-state index contributed by atoms with van der Waals surface area (Å²) in [5.74, 6) is 0.186. The zero-order chi connectivity index (χ0) is 18.7. The molecule has 0 saturated carbocycles. The van der Waals surface area contributed by atoms with Gasteiger partial charge in [0.25, 0.3) is 11.6 Å². The summed E-state index contributed by atoms with van der Waals surface area (Å²) in [5, 5.41) is 15.8. The second-order valence-corrected chi connectivity index (χ2v) is 6.31. The van der Waals surface area contributed by atoms with E-state index in [0.717, 1.165) is 5.56 Å². The molecular weight excluding hydrogens is 354 g/mol. The van der Waals surface area contributed by atoms with Crippen molar-refractivity contribution in [2.75, 3.05) is 12.4 Å². The Labute approximate surface area is 153 Å². The SMILES string of the molecule is COc1c(C)cccc1C(=O)Nc1nc(-c2cccc([N+](=O)[O-])c2)cs1. The van der Waals surface area contributed by atoms with Crippen molar-refractivity contribution < 1.29 is 14.5 Å². The fourth-order valence-corrected chi connectivity index (χ4v) is 3.22. The molecule has 3 rings (SSSR count). The largest absolute Gasteiger partial charge is 0.496 e. The molecule has 0 atom stereocenters. The molecule has 132 valence electrons. The minimum atomic E-state index is -0.456. The van der Waals surface area contributed by atoms with Crippen LogP contribution in [0.1, 0.15) is 15.9 Å². The number of para-hydroxylation sites is 1. The number of amides is 1. The Morgan fingerprint density at radius 3 is 2.77 bits per heavy atom. The van der Waals surface area contributed by atoms with E-state index in [1.54, 1.807) is 29.6 Å². The molecular formula is C18H15N3O4S. The highest BCUT2D eigenvalue weighted by Gasteiger charge is 2.16. The summed E-state index contributed by atoms with van der Waals surface area (Å²) in [4.78, 5) is 27.3. The number of methoxy groups -OCH3 is 1. The first kappa shape index (κ1) is 17.6. The van der Waals surface area contributed by atoms with E-state index >= 15 is 0 Å². The maximum atomic E-state index is 12.5. The second-order valence-electron chi connectivity index (χ2n) is 5.46. The van der Waals surface area contributed by atoms with Crippen LogP contribution in [0.15, 0.2) is 47.8 Å². The summed E-state index contributed by atoms with van der Waals surface area (Å²) in [6.45, 7) is 1.86. The quantitative estimate of drug-likeness (QED) is 0.535. The van der Waals surface area contributed by atoms with E-state index in [4.69, 9.17) is 4.74 Å². The summed E-state index contributed by atoms with van der Waals surface area (Å²) < 4.78 is 5.30. The molecule has 1 heterocycles. The van der Waals surface area contributed by atoms with Crippen LogP contribution < -0.4 is 10.1 Å². The number of aryl methyl sites for hydroxylation is 1. The minimum Gasteiger partial charge on any atom is -0.496 e. The van der Waals surface area contributed by atoms with Gasteiger partial charge in [-0.05, 0) is 18.6 Å². The predicted molar refractivity (Wildman–Crippen MR) is 99.9 cm³/mol. The Bertz CT molecular complexity index is 984. The number of rotatable bonds is 5. The van der Waals surface area contributed by atoms with Crippen molar-refractivity contribution in [1.82, 2.24) is 4.98 Å². The van der Waals surface area contributed by atoms with Gasteiger partial charge in [0, 0.05) is 23.1 Å². The van der Waals surface area contributed by atoms with E-state index in [1.165, 1.54) is 30.6 Å². The molecule has 0 aliphatic carbocycles. The highest BCUT2D eigenvalue weighted by Crippen LogP contribution is 2.29. The summed E-state index contributed by atoms with van der Waals surface area (Å²) in [5.41, 5.74) is 2.44. The van der Waals surface area contributed by atoms with Crippen LogP contribution in [0.4, 0.5) is 10.8 Å². The summed E-state index contributed by atoms with van der Waals surface area (Å²) in [6, 6.07) is 11.5. The van der Waals surface area contributed by atoms with Gasteiger partial charge in [-0.2, -0.15) is 0 Å². The van der Waals surface area contributed by atoms with Crippen molar-refractivity contribution in [2.45, 2.75) is 6.92 Å². The number of benzene rings is 2. The molecule has 1 N–H and O–H groups in total. The number of thiazole rings is 1. The fourth-order valence-electron chi connectivity index (χ4n) is 2.51. The van der Waals surface area contributed by atoms with Crippen molar-refractivity contribution in [2.24, 2.45) is 0 Å². The van der Waals surface area contributed by atoms with Crippen molar-refractivity contribution in [3.63, 3.8) is 0 Å². The van der Waals surface area contributed by atoms with Gasteiger partial charge in [0.2, 0.25) is 0 Å². The van der Waals surface area contributed by atoms with E-state index in [2.05, 4.69) is 10.3 Å². The summed E-state index contributed by atoms with van der Waals surface area (Å²) in [7, 11) is 1.52. The lowest BCUT2D eigenvalue weighted by atomic mass is 10.1. The third kappa shape index (κ3) is 3.55. The average molecular weight is 369 g/mol. The van der Waals surface area contributed by atoms with Crippen LogP contribution in [0.2, 0.25) is 0 Å². The Hall–Kier alpha value is -3.26. The molecule has 1 amide bonds. The number of hydrogen-bond donors (Lipinski definition) is 1. The van der Waals surface area contributed by atoms with Gasteiger partial charge in [0.05, 0.1) is 23.3 Å². The molecule has 0 unspecified atom stereocenters. The Balaban J connectivity index is 1.83. The number of non-ortho nitro benzene ring substituents is 1. The monoisotopic (exact) mass is 369 g/mol. The van der Waals surface area contributed by atoms with Crippen molar-refractivity contribution in [3.8, 4) is 17.0 Å². The molecule has 2 aromatic carbocycles. The highest BCUT2D eigenvalue weighted by atomic mass is 32.1. The number of carbonyl (C=O) groups excluding carboxylic acids is 1. The Morgan fingerprint density at radius 1 is 1.27 bits per heavy atom. The van der Waals surface area contributed by atoms with E-state index in [9.17, 15) is 14.9 Å². The smallest absolute Gasteiger partial charge is 0.270 e. The van der Waals surface area contributed by atoms with Gasteiger partial charge in [0.1, 0.15) is 5.75 Å². The number of anilines is 1. The Morgan fingerprint density at radius 2 is 2.04 bits per heavy atom. The van der Waals surface area contributed by atoms with Crippen LogP contribution >= 0.6 is 11.3 Å². The van der Waals surface area contributed by atoms with Crippen LogP contribution in [0.3, 0.4) is 0 Å². The third-order valence-electron chi connectivity index (χ3n) is 3.74. The molecule has 0 radical (unpaired) electrons. The van der Waals surface area contributed by atoms with Gasteiger partial charge in [-0.3, -0.25) is 20.2 Å². The lowest BCUT2D eigenvalue weighted by Gasteiger charge is -2.10. The fraction of sp³-hybridized carbons (Fsp3) is 0.111. The maximum absolute atomic E-state index is 12.5. The third-order valence-corrected chi connectivity index (χ3v) is 4.50. The zero-order valence-electron chi connectivity index (χ0n) is 14.1. The molecule has 3 aromatic rings. The first-order valence-electron chi connectivity index (χ1n) is 7.65. The molecule has 7 nitrogen and oxygen atoms in total. The van der Waals surface area contributed by atoms with Gasteiger partial charge < -0.3 is 4.74 Å². The standard InChI is InChI=1S/C18H15N3O4S/c1-11-5-3-8-14(16(11)25-2)17(22)20-18-19-15(10-26-18)12-6-4-7-13(9-12)21(23)24/h3-10H,1-2H3,(H,19,20,22). The van der Waals surface area contributed by atoms with E-state index in [1.807, 2.05) is 13.0 Å². The van der Waals surface area contributed by atoms with Crippen LogP contribution in [-0.2, 0) is 0 Å². The molecule has 0 saturated heterocycles. The minimum absolute atomic E-state index is 0.00872. The van der Waals surface area contributed by atoms with Crippen LogP contribution in [-0.4, -0.2) is 22.9 Å². The predicted octanol–water partition coefficient (Wildman–Crippen LogP) is 4.29. The number of nitrogens with one attached hydrogen (secondary N) is 1. The van der Waals surface area contributed by atoms with Gasteiger partial charge in [-0.1, -0.05) is 24.3 Å². The number of nitro benzene ring substituents is 1. The number of ether oxygens (including phenoxy) is 1. The molecule has 0 aliphatic rings. The second kappa shape index (κ2) is 7.32. The molecule has 8 heteroatoms. The first-order valence-corrected chi connectivity index (χ1v) is 8.53. The number of hydrogen-bond acceptors (Lipinski definition) is 6. The van der Waals surface area contributed by atoms with Crippen molar-refractivity contribution in [3.05, 3.63) is 69.1 Å². The maximum Gasteiger partial charge on any atom is 0.270 e. The van der Waals surface area contributed by atoms with Gasteiger partial charge in [-0.15, -0.1) is 11.3 Å². The van der Waals surface area contributed by atoms with E-state index in [-0.39, 0.29) is 11.6 Å². The molecule has 0 spiro atoms. The van der Waals surface area contributed by atoms with Crippen LogP contribution in [0.5, 0.6) is 5.75 Å². The lowest BCUT2D eigenvalue weighted by Crippen LogP contribution is -2.13. The highest BCUT2D eigenvalue weighted by molar-refractivity contribution is 7.14. The van der Waals surface area contributed by atoms with Gasteiger partial charge in [-0.25, -0.2) is 4.98 Å². The van der Waals surface area contributed by atoms with Crippen molar-refractivity contribution in [1.29, 1.82) is 0 Å². The van der Waals surface area contributed by atoms with Crippen LogP contribution in [0.25, 0.3) is 11.3 Å². The van der Waals surface area contributed by atoms with Crippen LogP contribution in [0, 0.1) is 17.0 Å². The van der Waals surface area contributed by atoms with E-state index < -0.39 is 4.92 Å². The molecule has 0 bridgehead atoms. The van der Waals surface area contributed by atoms with Gasteiger partial charge in [0.15, 0.2) is 5.13 Å². The first-order chi connectivity index (χ1) is 12.5. The lowest BCUT2D eigenvalue weighted by molar-refractivity contribution is -0.384. The molecule has 26 heavy (non-hydrogen) atoms. The topological polar surface area (TPSA) is 94.4 Å². The zero-order valence-corrected chi connectivity index (χ0v) is 14.9. The van der Waals surface area contributed by atoms with Gasteiger partial charge >= 0.3 is 0 Å². The Kier molecular flexibility index (Phi) is 4.94. The number of nitrogens with zero attached hydrogens (tertiary/aromatic N) is 2. The summed E-state index contributed by atoms with van der Waals surface area (Å²) in [6.07, 6.45) is 0. The number of carbonyl (C=O) groups is 1. The number of aromatic nitrogens is 1. The molecule has 0 aliphatic heterocycles. The molecule has 1 aromatic heterocycles. The van der Waals surface area contributed by atoms with Crippen molar-refractivity contribution >= 4 is 28.1 Å². The molecule has 0 fully saturated rings. The normalized spacial score (nSPS) is 10.4. The number of nitro groups is 1.